The van der Waals surface area contributed by atoms with E-state index in [0.29, 0.717) is 17.8 Å². The fourth-order valence-corrected chi connectivity index (χ4v) is 5.91. The predicted molar refractivity (Wildman–Crippen MR) is 135 cm³/mol. The number of piperazine rings is 1. The van der Waals surface area contributed by atoms with E-state index in [1.54, 1.807) is 11.3 Å². The fraction of sp³-hybridized carbons (Fsp3) is 0.417. The van der Waals surface area contributed by atoms with Crippen LogP contribution in [-0.4, -0.2) is 70.3 Å². The predicted octanol–water partition coefficient (Wildman–Crippen LogP) is 3.21. The van der Waals surface area contributed by atoms with E-state index in [4.69, 9.17) is 4.98 Å². The maximum absolute atomic E-state index is 13.2. The molecule has 0 amide bonds. The zero-order valence-corrected chi connectivity index (χ0v) is 19.4. The Balaban J connectivity index is 1.42. The standard InChI is InChI=1S/C24H28N6O2S/c1-29-7-9-30(10-8-29)15-3-5-17-19(13-15)27-23(26-17)20-21(25-14-2-4-16(31)12-14)22-18(6-11-33-22)28-24(20)32/h3,5-6,11,13-14,16,31H,2,4,7-10,12H2,1H3,(H,26,27)(H2,25,28,32)/t14?,16-/m0/s1. The van der Waals surface area contributed by atoms with Gasteiger partial charge in [0.15, 0.2) is 0 Å². The number of aromatic nitrogens is 3. The molecule has 1 aromatic carbocycles. The normalized spacial score (nSPS) is 21.9. The van der Waals surface area contributed by atoms with Gasteiger partial charge in [-0.1, -0.05) is 0 Å². The molecule has 4 aromatic rings. The average Bonchev–Trinajstić information content (AvgIpc) is 3.53. The summed E-state index contributed by atoms with van der Waals surface area (Å²) in [6.07, 6.45) is 2.07. The first-order chi connectivity index (χ1) is 16.0. The Hall–Kier alpha value is -2.88. The molecule has 3 aromatic heterocycles. The molecular weight excluding hydrogens is 436 g/mol. The highest BCUT2D eigenvalue weighted by molar-refractivity contribution is 7.17. The molecule has 33 heavy (non-hydrogen) atoms. The first-order valence-corrected chi connectivity index (χ1v) is 12.4. The van der Waals surface area contributed by atoms with E-state index in [1.807, 2.05) is 17.5 Å². The summed E-state index contributed by atoms with van der Waals surface area (Å²) in [5.41, 5.74) is 4.94. The van der Waals surface area contributed by atoms with Gasteiger partial charge in [-0.25, -0.2) is 4.98 Å². The lowest BCUT2D eigenvalue weighted by Gasteiger charge is -2.34. The zero-order chi connectivity index (χ0) is 22.5. The Morgan fingerprint density at radius 2 is 1.97 bits per heavy atom. The van der Waals surface area contributed by atoms with E-state index in [9.17, 15) is 9.90 Å². The summed E-state index contributed by atoms with van der Waals surface area (Å²) >= 11 is 1.60. The molecule has 4 heterocycles. The molecule has 1 aliphatic carbocycles. The minimum Gasteiger partial charge on any atom is -0.393 e. The number of H-pyrrole nitrogens is 2. The molecule has 172 valence electrons. The summed E-state index contributed by atoms with van der Waals surface area (Å²) in [7, 11) is 2.15. The number of rotatable bonds is 4. The number of pyridine rings is 1. The van der Waals surface area contributed by atoms with Crippen molar-refractivity contribution in [3.05, 3.63) is 40.0 Å². The van der Waals surface area contributed by atoms with Gasteiger partial charge >= 0.3 is 0 Å². The number of benzene rings is 1. The van der Waals surface area contributed by atoms with Gasteiger partial charge in [0.25, 0.3) is 5.56 Å². The topological polar surface area (TPSA) is 100 Å². The molecule has 1 aliphatic heterocycles. The highest BCUT2D eigenvalue weighted by Crippen LogP contribution is 2.36. The van der Waals surface area contributed by atoms with E-state index in [1.165, 1.54) is 5.69 Å². The van der Waals surface area contributed by atoms with Crippen LogP contribution in [0.1, 0.15) is 19.3 Å². The molecule has 0 bridgehead atoms. The maximum atomic E-state index is 13.2. The van der Waals surface area contributed by atoms with E-state index in [-0.39, 0.29) is 17.7 Å². The van der Waals surface area contributed by atoms with E-state index < -0.39 is 0 Å². The van der Waals surface area contributed by atoms with Crippen LogP contribution in [0.4, 0.5) is 11.4 Å². The average molecular weight is 465 g/mol. The summed E-state index contributed by atoms with van der Waals surface area (Å²) in [4.78, 5) is 29.2. The quantitative estimate of drug-likeness (QED) is 0.370. The second-order valence-electron chi connectivity index (χ2n) is 9.25. The van der Waals surface area contributed by atoms with Gasteiger partial charge in [0, 0.05) is 37.9 Å². The lowest BCUT2D eigenvalue weighted by atomic mass is 10.1. The maximum Gasteiger partial charge on any atom is 0.261 e. The molecule has 1 saturated carbocycles. The summed E-state index contributed by atoms with van der Waals surface area (Å²) in [5, 5.41) is 15.6. The van der Waals surface area contributed by atoms with Crippen LogP contribution < -0.4 is 15.8 Å². The van der Waals surface area contributed by atoms with Gasteiger partial charge in [-0.15, -0.1) is 11.3 Å². The van der Waals surface area contributed by atoms with Crippen molar-refractivity contribution in [2.24, 2.45) is 0 Å². The van der Waals surface area contributed by atoms with Crippen molar-refractivity contribution in [1.82, 2.24) is 19.9 Å². The van der Waals surface area contributed by atoms with Crippen molar-refractivity contribution in [2.45, 2.75) is 31.4 Å². The number of aromatic amines is 2. The first kappa shape index (κ1) is 20.7. The third-order valence-corrected chi connectivity index (χ3v) is 7.87. The highest BCUT2D eigenvalue weighted by atomic mass is 32.1. The number of hydrogen-bond donors (Lipinski definition) is 4. The molecular formula is C24H28N6O2S. The summed E-state index contributed by atoms with van der Waals surface area (Å²) in [5.74, 6) is 0.568. The second kappa shape index (κ2) is 8.16. The van der Waals surface area contributed by atoms with Crippen LogP contribution in [0, 0.1) is 0 Å². The summed E-state index contributed by atoms with van der Waals surface area (Å²) in [6, 6.07) is 8.35. The molecule has 8 nitrogen and oxygen atoms in total. The zero-order valence-electron chi connectivity index (χ0n) is 18.6. The largest absolute Gasteiger partial charge is 0.393 e. The Morgan fingerprint density at radius 1 is 1.12 bits per heavy atom. The van der Waals surface area contributed by atoms with Gasteiger partial charge in [-0.05, 0) is 56.0 Å². The molecule has 0 radical (unpaired) electrons. The van der Waals surface area contributed by atoms with Crippen molar-refractivity contribution in [3.63, 3.8) is 0 Å². The molecule has 4 N–H and O–H groups in total. The number of nitrogens with zero attached hydrogens (tertiary/aromatic N) is 3. The van der Waals surface area contributed by atoms with Crippen LogP contribution in [0.25, 0.3) is 32.6 Å². The Bertz CT molecular complexity index is 1370. The number of hydrogen-bond acceptors (Lipinski definition) is 7. The van der Waals surface area contributed by atoms with Crippen molar-refractivity contribution in [2.75, 3.05) is 43.4 Å². The molecule has 6 rings (SSSR count). The second-order valence-corrected chi connectivity index (χ2v) is 10.2. The third kappa shape index (κ3) is 3.80. The lowest BCUT2D eigenvalue weighted by molar-refractivity contribution is 0.182. The minimum absolute atomic E-state index is 0.138. The molecule has 2 atom stereocenters. The van der Waals surface area contributed by atoms with Crippen molar-refractivity contribution < 1.29 is 5.11 Å². The molecule has 2 aliphatic rings. The van der Waals surface area contributed by atoms with Gasteiger partial charge in [-0.2, -0.15) is 0 Å². The Morgan fingerprint density at radius 3 is 2.76 bits per heavy atom. The third-order valence-electron chi connectivity index (χ3n) is 6.94. The van der Waals surface area contributed by atoms with E-state index in [2.05, 4.69) is 44.3 Å². The van der Waals surface area contributed by atoms with Crippen molar-refractivity contribution >= 4 is 44.0 Å². The Kier molecular flexibility index (Phi) is 5.12. The lowest BCUT2D eigenvalue weighted by Crippen LogP contribution is -2.44. The molecule has 0 spiro atoms. The van der Waals surface area contributed by atoms with Gasteiger partial charge in [0.1, 0.15) is 11.4 Å². The number of anilines is 2. The monoisotopic (exact) mass is 464 g/mol. The van der Waals surface area contributed by atoms with Gasteiger partial charge in [0.2, 0.25) is 0 Å². The first-order valence-electron chi connectivity index (χ1n) is 11.6. The van der Waals surface area contributed by atoms with Crippen LogP contribution in [-0.2, 0) is 0 Å². The summed E-state index contributed by atoms with van der Waals surface area (Å²) < 4.78 is 1.00. The van der Waals surface area contributed by atoms with Crippen LogP contribution in [0.15, 0.2) is 34.4 Å². The van der Waals surface area contributed by atoms with Crippen molar-refractivity contribution in [3.8, 4) is 11.4 Å². The number of aliphatic hydroxyl groups excluding tert-OH is 1. The SMILES string of the molecule is CN1CCN(c2ccc3nc(-c4c(NC5CC[C@H](O)C5)c5sccc5[nH]c4=O)[nH]c3c2)CC1. The van der Waals surface area contributed by atoms with Crippen LogP contribution >= 0.6 is 11.3 Å². The van der Waals surface area contributed by atoms with Crippen LogP contribution in [0.2, 0.25) is 0 Å². The minimum atomic E-state index is -0.286. The molecule has 1 unspecified atom stereocenters. The van der Waals surface area contributed by atoms with Gasteiger partial charge < -0.3 is 30.2 Å². The van der Waals surface area contributed by atoms with Gasteiger partial charge in [-0.3, -0.25) is 4.79 Å². The summed E-state index contributed by atoms with van der Waals surface area (Å²) in [6.45, 7) is 4.10. The number of fused-ring (bicyclic) bond motifs is 2. The van der Waals surface area contributed by atoms with Crippen LogP contribution in [0.3, 0.4) is 0 Å². The van der Waals surface area contributed by atoms with E-state index in [0.717, 1.165) is 66.0 Å². The smallest absolute Gasteiger partial charge is 0.261 e. The number of nitrogens with one attached hydrogen (secondary N) is 3. The fourth-order valence-electron chi connectivity index (χ4n) is 5.05. The Labute approximate surface area is 195 Å². The van der Waals surface area contributed by atoms with Gasteiger partial charge in [0.05, 0.1) is 33.0 Å². The van der Waals surface area contributed by atoms with Crippen LogP contribution in [0.5, 0.6) is 0 Å². The number of thiophene rings is 1. The number of aliphatic hydroxyl groups is 1. The molecule has 9 heteroatoms. The van der Waals surface area contributed by atoms with Crippen molar-refractivity contribution in [1.29, 1.82) is 0 Å². The number of imidazole rings is 1. The number of likely N-dealkylation sites (N-methyl/N-ethyl adjacent to an activating group) is 1. The molecule has 2 fully saturated rings. The molecule has 1 saturated heterocycles. The highest BCUT2D eigenvalue weighted by Gasteiger charge is 2.26. The van der Waals surface area contributed by atoms with E-state index >= 15 is 0 Å².